The van der Waals surface area contributed by atoms with Crippen molar-refractivity contribution in [3.8, 4) is 5.69 Å². The monoisotopic (exact) mass is 489 g/mol. The predicted molar refractivity (Wildman–Crippen MR) is 101 cm³/mol. The van der Waals surface area contributed by atoms with E-state index in [-0.39, 0.29) is 11.6 Å². The molecule has 1 unspecified atom stereocenters. The van der Waals surface area contributed by atoms with Crippen LogP contribution in [0, 0.1) is 11.6 Å². The number of hydrogen-bond acceptors (Lipinski definition) is 6. The van der Waals surface area contributed by atoms with Crippen molar-refractivity contribution in [1.29, 1.82) is 0 Å². The van der Waals surface area contributed by atoms with E-state index in [9.17, 15) is 35.5 Å². The predicted octanol–water partition coefficient (Wildman–Crippen LogP) is 3.32. The number of hydrogen-bond donors (Lipinski definition) is 1. The summed E-state index contributed by atoms with van der Waals surface area (Å²) >= 11 is 0. The molecule has 1 aromatic carbocycles. The second-order valence-corrected chi connectivity index (χ2v) is 7.30. The maximum atomic E-state index is 14.6. The lowest BCUT2D eigenvalue weighted by Crippen LogP contribution is -2.47. The fourth-order valence-electron chi connectivity index (χ4n) is 3.44. The van der Waals surface area contributed by atoms with Crippen molar-refractivity contribution in [2.24, 2.45) is 0 Å². The molecule has 0 aliphatic carbocycles. The number of halogens is 7. The first kappa shape index (κ1) is 23.4. The zero-order valence-corrected chi connectivity index (χ0v) is 16.9. The molecule has 0 saturated carbocycles. The van der Waals surface area contributed by atoms with Gasteiger partial charge in [0.25, 0.3) is 11.8 Å². The van der Waals surface area contributed by atoms with Gasteiger partial charge in [-0.1, -0.05) is 0 Å². The van der Waals surface area contributed by atoms with Crippen LogP contribution in [0.2, 0.25) is 0 Å². The Labute approximate surface area is 186 Å². The van der Waals surface area contributed by atoms with Crippen molar-refractivity contribution in [1.82, 2.24) is 29.9 Å². The summed E-state index contributed by atoms with van der Waals surface area (Å²) in [6.07, 6.45) is -2.00. The standard InChI is InChI=1S/C19H14F7N7O/c20-12-5-11(14(6-13(12)21)33-30-2-3-31-33)16(34)32-4-1-18(22,23)15(32)9-29-17-27-7-10(8-28-17)19(24,25)26/h2-3,5-8,15H,1,4,9H2,(H,27,28,29). The van der Waals surface area contributed by atoms with Gasteiger partial charge in [-0.25, -0.2) is 27.5 Å². The minimum Gasteiger partial charge on any atom is -0.352 e. The van der Waals surface area contributed by atoms with Gasteiger partial charge >= 0.3 is 6.18 Å². The van der Waals surface area contributed by atoms with Crippen molar-refractivity contribution in [2.75, 3.05) is 18.4 Å². The van der Waals surface area contributed by atoms with E-state index in [2.05, 4.69) is 25.5 Å². The Hall–Kier alpha value is -3.78. The fraction of sp³-hybridized carbons (Fsp3) is 0.316. The van der Waals surface area contributed by atoms with Crippen LogP contribution in [0.3, 0.4) is 0 Å². The first-order valence-corrected chi connectivity index (χ1v) is 9.65. The molecular weight excluding hydrogens is 475 g/mol. The van der Waals surface area contributed by atoms with Crippen molar-refractivity contribution < 1.29 is 35.5 Å². The molecule has 3 heterocycles. The number of amides is 1. The Balaban J connectivity index is 1.59. The van der Waals surface area contributed by atoms with Crippen LogP contribution >= 0.6 is 0 Å². The van der Waals surface area contributed by atoms with Crippen LogP contribution in [0.25, 0.3) is 5.69 Å². The molecule has 3 aromatic rings. The van der Waals surface area contributed by atoms with Gasteiger partial charge in [0.1, 0.15) is 11.7 Å². The molecule has 0 bridgehead atoms. The van der Waals surface area contributed by atoms with Crippen molar-refractivity contribution in [3.05, 3.63) is 59.7 Å². The Kier molecular flexibility index (Phi) is 5.87. The minimum atomic E-state index is -4.67. The highest BCUT2D eigenvalue weighted by molar-refractivity contribution is 5.98. The third kappa shape index (κ3) is 4.49. The molecule has 2 aromatic heterocycles. The molecule has 0 radical (unpaired) electrons. The average molecular weight is 489 g/mol. The van der Waals surface area contributed by atoms with E-state index in [4.69, 9.17) is 0 Å². The van der Waals surface area contributed by atoms with Crippen LogP contribution in [-0.2, 0) is 6.18 Å². The number of alkyl halides is 5. The molecule has 1 amide bonds. The lowest BCUT2D eigenvalue weighted by molar-refractivity contribution is -0.138. The van der Waals surface area contributed by atoms with Crippen LogP contribution in [0.4, 0.5) is 36.7 Å². The Morgan fingerprint density at radius 2 is 1.71 bits per heavy atom. The van der Waals surface area contributed by atoms with Crippen LogP contribution in [0.15, 0.2) is 36.9 Å². The SMILES string of the molecule is O=C(c1cc(F)c(F)cc1-n1nccn1)N1CCC(F)(F)C1CNc1ncc(C(F)(F)F)cn1. The molecule has 1 aliphatic heterocycles. The van der Waals surface area contributed by atoms with Crippen molar-refractivity contribution in [3.63, 3.8) is 0 Å². The van der Waals surface area contributed by atoms with Gasteiger partial charge in [0.2, 0.25) is 5.95 Å². The maximum absolute atomic E-state index is 14.6. The first-order valence-electron chi connectivity index (χ1n) is 9.65. The number of rotatable bonds is 5. The molecule has 0 spiro atoms. The van der Waals surface area contributed by atoms with Gasteiger partial charge in [0, 0.05) is 38.0 Å². The van der Waals surface area contributed by atoms with Crippen LogP contribution < -0.4 is 5.32 Å². The summed E-state index contributed by atoms with van der Waals surface area (Å²) in [7, 11) is 0. The Morgan fingerprint density at radius 3 is 2.32 bits per heavy atom. The van der Waals surface area contributed by atoms with Crippen LogP contribution in [0.1, 0.15) is 22.3 Å². The highest BCUT2D eigenvalue weighted by Crippen LogP contribution is 2.36. The second kappa shape index (κ2) is 8.53. The van der Waals surface area contributed by atoms with E-state index in [1.54, 1.807) is 0 Å². The topological polar surface area (TPSA) is 88.8 Å². The number of anilines is 1. The number of nitrogens with one attached hydrogen (secondary N) is 1. The van der Waals surface area contributed by atoms with Gasteiger partial charge in [0.05, 0.1) is 23.5 Å². The quantitative estimate of drug-likeness (QED) is 0.554. The van der Waals surface area contributed by atoms with Crippen LogP contribution in [0.5, 0.6) is 0 Å². The number of benzene rings is 1. The zero-order valence-electron chi connectivity index (χ0n) is 16.9. The summed E-state index contributed by atoms with van der Waals surface area (Å²) in [6.45, 7) is -1.04. The Morgan fingerprint density at radius 1 is 1.09 bits per heavy atom. The summed E-state index contributed by atoms with van der Waals surface area (Å²) < 4.78 is 94.8. The first-order chi connectivity index (χ1) is 16.0. The summed E-state index contributed by atoms with van der Waals surface area (Å²) in [5.41, 5.74) is -1.84. The molecule has 1 fully saturated rings. The van der Waals surface area contributed by atoms with E-state index in [0.29, 0.717) is 24.5 Å². The number of nitrogens with zero attached hydrogens (tertiary/aromatic N) is 6. The molecule has 1 atom stereocenters. The molecule has 15 heteroatoms. The van der Waals surface area contributed by atoms with Gasteiger partial charge in [-0.05, 0) is 6.07 Å². The smallest absolute Gasteiger partial charge is 0.352 e. The van der Waals surface area contributed by atoms with E-state index < -0.39 is 66.3 Å². The largest absolute Gasteiger partial charge is 0.419 e. The summed E-state index contributed by atoms with van der Waals surface area (Å²) in [6, 6.07) is -0.548. The van der Waals surface area contributed by atoms with E-state index in [1.807, 2.05) is 0 Å². The molecule has 1 N–H and O–H groups in total. The second-order valence-electron chi connectivity index (χ2n) is 7.30. The number of likely N-dealkylation sites (tertiary alicyclic amines) is 1. The average Bonchev–Trinajstić information content (AvgIpc) is 3.41. The molecule has 34 heavy (non-hydrogen) atoms. The number of carbonyl (C=O) groups excluding carboxylic acids is 1. The summed E-state index contributed by atoms with van der Waals surface area (Å²) in [5, 5.41) is 9.92. The number of aromatic nitrogens is 5. The third-order valence-corrected chi connectivity index (χ3v) is 5.15. The van der Waals surface area contributed by atoms with Gasteiger partial charge < -0.3 is 10.2 Å². The van der Waals surface area contributed by atoms with E-state index in [1.165, 1.54) is 12.4 Å². The Bertz CT molecular complexity index is 1180. The van der Waals surface area contributed by atoms with E-state index >= 15 is 0 Å². The zero-order chi connectivity index (χ0) is 24.7. The van der Waals surface area contributed by atoms with Gasteiger partial charge in [-0.2, -0.15) is 28.2 Å². The molecule has 180 valence electrons. The van der Waals surface area contributed by atoms with Gasteiger partial charge in [0.15, 0.2) is 11.6 Å². The highest BCUT2D eigenvalue weighted by atomic mass is 19.4. The van der Waals surface area contributed by atoms with Crippen molar-refractivity contribution in [2.45, 2.75) is 24.6 Å². The van der Waals surface area contributed by atoms with Crippen molar-refractivity contribution >= 4 is 11.9 Å². The van der Waals surface area contributed by atoms with E-state index in [0.717, 1.165) is 9.70 Å². The molecule has 1 saturated heterocycles. The lowest BCUT2D eigenvalue weighted by atomic mass is 10.1. The molecule has 8 nitrogen and oxygen atoms in total. The number of carbonyl (C=O) groups is 1. The molecule has 4 rings (SSSR count). The summed E-state index contributed by atoms with van der Waals surface area (Å²) in [5.74, 6) is -7.47. The normalized spacial score (nSPS) is 17.7. The van der Waals surface area contributed by atoms with Gasteiger partial charge in [-0.15, -0.1) is 0 Å². The maximum Gasteiger partial charge on any atom is 0.419 e. The molecular formula is C19H14F7N7O. The lowest BCUT2D eigenvalue weighted by Gasteiger charge is -2.28. The molecule has 1 aliphatic rings. The van der Waals surface area contributed by atoms with Gasteiger partial charge in [-0.3, -0.25) is 4.79 Å². The fourth-order valence-corrected chi connectivity index (χ4v) is 3.44. The summed E-state index contributed by atoms with van der Waals surface area (Å²) in [4.78, 5) is 21.6. The third-order valence-electron chi connectivity index (χ3n) is 5.15. The highest BCUT2D eigenvalue weighted by Gasteiger charge is 2.51. The minimum absolute atomic E-state index is 0.262. The van der Waals surface area contributed by atoms with Crippen LogP contribution in [-0.4, -0.2) is 60.8 Å².